The fraction of sp³-hybridized carbons (Fsp3) is 0.120. The van der Waals surface area contributed by atoms with Gasteiger partial charge in [0.1, 0.15) is 11.4 Å². The van der Waals surface area contributed by atoms with Crippen LogP contribution in [0, 0.1) is 0 Å². The monoisotopic (exact) mass is 430 g/mol. The van der Waals surface area contributed by atoms with Gasteiger partial charge in [-0.1, -0.05) is 84.6 Å². The Morgan fingerprint density at radius 2 is 1.58 bits per heavy atom. The van der Waals surface area contributed by atoms with Crippen LogP contribution in [0.25, 0.3) is 22.6 Å². The first-order chi connectivity index (χ1) is 15.2. The number of thioether (sulfide) groups is 1. The van der Waals surface area contributed by atoms with Gasteiger partial charge in [-0.05, 0) is 17.7 Å². The maximum absolute atomic E-state index is 12.3. The maximum atomic E-state index is 12.3. The molecule has 1 amide bonds. The van der Waals surface area contributed by atoms with Gasteiger partial charge in [-0.25, -0.2) is 4.98 Å². The van der Waals surface area contributed by atoms with Gasteiger partial charge in [0.25, 0.3) is 5.22 Å². The van der Waals surface area contributed by atoms with Crippen molar-refractivity contribution >= 4 is 17.7 Å². The molecule has 0 aliphatic heterocycles. The highest BCUT2D eigenvalue weighted by atomic mass is 32.2. The van der Waals surface area contributed by atoms with Crippen LogP contribution in [0.1, 0.15) is 5.56 Å². The van der Waals surface area contributed by atoms with E-state index in [1.54, 1.807) is 7.11 Å². The number of rotatable bonds is 8. The Bertz CT molecular complexity index is 1070. The summed E-state index contributed by atoms with van der Waals surface area (Å²) < 4.78 is 11.2. The van der Waals surface area contributed by atoms with Crippen LogP contribution in [-0.4, -0.2) is 23.8 Å². The lowest BCUT2D eigenvalue weighted by Gasteiger charge is -2.05. The SMILES string of the molecule is COc1ccc(CNC(=O)CSc2nc(-c3ccccc3)c(-c3ccccc3)o2)cc1. The average Bonchev–Trinajstić information content (AvgIpc) is 3.27. The van der Waals surface area contributed by atoms with Crippen LogP contribution in [0.4, 0.5) is 0 Å². The molecule has 5 nitrogen and oxygen atoms in total. The first-order valence-electron chi connectivity index (χ1n) is 9.87. The molecule has 1 heterocycles. The predicted octanol–water partition coefficient (Wildman–Crippen LogP) is 5.43. The van der Waals surface area contributed by atoms with Crippen molar-refractivity contribution < 1.29 is 13.9 Å². The Morgan fingerprint density at radius 3 is 2.23 bits per heavy atom. The molecular formula is C25H22N2O3S. The van der Waals surface area contributed by atoms with Gasteiger partial charge in [0.2, 0.25) is 5.91 Å². The average molecular weight is 431 g/mol. The van der Waals surface area contributed by atoms with Gasteiger partial charge in [0.05, 0.1) is 12.9 Å². The summed E-state index contributed by atoms with van der Waals surface area (Å²) in [7, 11) is 1.63. The number of aromatic nitrogens is 1. The van der Waals surface area contributed by atoms with Gasteiger partial charge in [-0.2, -0.15) is 0 Å². The van der Waals surface area contributed by atoms with E-state index in [4.69, 9.17) is 9.15 Å². The highest BCUT2D eigenvalue weighted by Gasteiger charge is 2.17. The van der Waals surface area contributed by atoms with Crippen molar-refractivity contribution in [2.24, 2.45) is 0 Å². The van der Waals surface area contributed by atoms with Gasteiger partial charge in [0, 0.05) is 17.7 Å². The van der Waals surface area contributed by atoms with E-state index in [0.29, 0.717) is 17.5 Å². The molecular weight excluding hydrogens is 408 g/mol. The third kappa shape index (κ3) is 5.35. The summed E-state index contributed by atoms with van der Waals surface area (Å²) in [5, 5.41) is 3.39. The molecule has 0 atom stereocenters. The summed E-state index contributed by atoms with van der Waals surface area (Å²) in [6.07, 6.45) is 0. The second kappa shape index (κ2) is 10.00. The number of amides is 1. The minimum absolute atomic E-state index is 0.0819. The van der Waals surface area contributed by atoms with Crippen molar-refractivity contribution in [3.05, 3.63) is 90.5 Å². The van der Waals surface area contributed by atoms with Crippen LogP contribution in [0.3, 0.4) is 0 Å². The van der Waals surface area contributed by atoms with Crippen molar-refractivity contribution in [3.8, 4) is 28.3 Å². The van der Waals surface area contributed by atoms with E-state index in [1.165, 1.54) is 11.8 Å². The molecule has 31 heavy (non-hydrogen) atoms. The van der Waals surface area contributed by atoms with E-state index >= 15 is 0 Å². The molecule has 3 aromatic carbocycles. The topological polar surface area (TPSA) is 64.4 Å². The highest BCUT2D eigenvalue weighted by molar-refractivity contribution is 7.99. The van der Waals surface area contributed by atoms with Crippen LogP contribution >= 0.6 is 11.8 Å². The Labute approximate surface area is 185 Å². The summed E-state index contributed by atoms with van der Waals surface area (Å²) in [5.74, 6) is 1.63. The predicted molar refractivity (Wildman–Crippen MR) is 123 cm³/mol. The molecule has 0 spiro atoms. The molecule has 4 rings (SSSR count). The van der Waals surface area contributed by atoms with E-state index in [-0.39, 0.29) is 11.7 Å². The first-order valence-corrected chi connectivity index (χ1v) is 10.9. The van der Waals surface area contributed by atoms with Crippen LogP contribution in [0.5, 0.6) is 5.75 Å². The van der Waals surface area contributed by atoms with E-state index in [9.17, 15) is 4.79 Å². The third-order valence-corrected chi connectivity index (χ3v) is 5.49. The number of benzene rings is 3. The van der Waals surface area contributed by atoms with Gasteiger partial charge >= 0.3 is 0 Å². The first kappa shape index (κ1) is 20.8. The quantitative estimate of drug-likeness (QED) is 0.378. The summed E-state index contributed by atoms with van der Waals surface area (Å²) in [4.78, 5) is 17.0. The molecule has 0 unspecified atom stereocenters. The number of ether oxygens (including phenoxy) is 1. The Kier molecular flexibility index (Phi) is 6.69. The van der Waals surface area contributed by atoms with Crippen molar-refractivity contribution in [1.82, 2.24) is 10.3 Å². The van der Waals surface area contributed by atoms with Gasteiger partial charge in [-0.15, -0.1) is 0 Å². The Hall–Kier alpha value is -3.51. The zero-order valence-electron chi connectivity index (χ0n) is 17.1. The minimum Gasteiger partial charge on any atom is -0.497 e. The summed E-state index contributed by atoms with van der Waals surface area (Å²) in [6.45, 7) is 0.458. The zero-order valence-corrected chi connectivity index (χ0v) is 17.9. The fourth-order valence-electron chi connectivity index (χ4n) is 3.06. The van der Waals surface area contributed by atoms with E-state index in [2.05, 4.69) is 10.3 Å². The number of carbonyl (C=O) groups is 1. The second-order valence-corrected chi connectivity index (χ2v) is 7.73. The summed E-state index contributed by atoms with van der Waals surface area (Å²) >= 11 is 1.28. The molecule has 156 valence electrons. The number of hydrogen-bond donors (Lipinski definition) is 1. The van der Waals surface area contributed by atoms with Gasteiger partial charge in [0.15, 0.2) is 5.76 Å². The number of nitrogens with one attached hydrogen (secondary N) is 1. The molecule has 0 fully saturated rings. The molecule has 0 aliphatic carbocycles. The van der Waals surface area contributed by atoms with Gasteiger partial charge in [-0.3, -0.25) is 4.79 Å². The normalized spacial score (nSPS) is 10.6. The molecule has 0 saturated carbocycles. The molecule has 0 bridgehead atoms. The van der Waals surface area contributed by atoms with Crippen LogP contribution in [0.2, 0.25) is 0 Å². The Morgan fingerprint density at radius 1 is 0.935 bits per heavy atom. The lowest BCUT2D eigenvalue weighted by Crippen LogP contribution is -2.24. The van der Waals surface area contributed by atoms with Crippen molar-refractivity contribution in [1.29, 1.82) is 0 Å². The van der Waals surface area contributed by atoms with Crippen molar-refractivity contribution in [3.63, 3.8) is 0 Å². The van der Waals surface area contributed by atoms with Crippen molar-refractivity contribution in [2.75, 3.05) is 12.9 Å². The molecule has 0 aliphatic rings. The highest BCUT2D eigenvalue weighted by Crippen LogP contribution is 2.35. The molecule has 0 saturated heterocycles. The maximum Gasteiger partial charge on any atom is 0.257 e. The minimum atomic E-state index is -0.0819. The summed E-state index contributed by atoms with van der Waals surface area (Å²) in [6, 6.07) is 27.4. The van der Waals surface area contributed by atoms with E-state index < -0.39 is 0 Å². The van der Waals surface area contributed by atoms with Crippen molar-refractivity contribution in [2.45, 2.75) is 11.8 Å². The lowest BCUT2D eigenvalue weighted by atomic mass is 10.1. The standard InChI is InChI=1S/C25H22N2O3S/c1-29-21-14-12-18(13-15-21)16-26-22(28)17-31-25-27-23(19-8-4-2-5-9-19)24(30-25)20-10-6-3-7-11-20/h2-15H,16-17H2,1H3,(H,26,28). The number of oxazole rings is 1. The fourth-order valence-corrected chi connectivity index (χ4v) is 3.72. The smallest absolute Gasteiger partial charge is 0.257 e. The third-order valence-electron chi connectivity index (χ3n) is 4.67. The van der Waals surface area contributed by atoms with Crippen LogP contribution in [-0.2, 0) is 11.3 Å². The summed E-state index contributed by atoms with van der Waals surface area (Å²) in [5.41, 5.74) is 3.70. The van der Waals surface area contributed by atoms with Gasteiger partial charge < -0.3 is 14.5 Å². The van der Waals surface area contributed by atoms with E-state index in [1.807, 2.05) is 84.9 Å². The molecule has 4 aromatic rings. The molecule has 1 N–H and O–H groups in total. The van der Waals surface area contributed by atoms with Crippen LogP contribution < -0.4 is 10.1 Å². The number of hydrogen-bond acceptors (Lipinski definition) is 5. The molecule has 6 heteroatoms. The van der Waals surface area contributed by atoms with Crippen LogP contribution in [0.15, 0.2) is 94.6 Å². The number of carbonyl (C=O) groups excluding carboxylic acids is 1. The largest absolute Gasteiger partial charge is 0.497 e. The lowest BCUT2D eigenvalue weighted by molar-refractivity contribution is -0.118. The molecule has 1 aromatic heterocycles. The zero-order chi connectivity index (χ0) is 21.5. The molecule has 0 radical (unpaired) electrons. The number of methoxy groups -OCH3 is 1. The van der Waals surface area contributed by atoms with E-state index in [0.717, 1.165) is 28.1 Å². The number of nitrogens with zero attached hydrogens (tertiary/aromatic N) is 1. The second-order valence-electron chi connectivity index (χ2n) is 6.80. The Balaban J connectivity index is 1.43.